The molecule has 24 heavy (non-hydrogen) atoms. The van der Waals surface area contributed by atoms with Crippen LogP contribution >= 0.6 is 27.3 Å². The van der Waals surface area contributed by atoms with Crippen molar-refractivity contribution in [1.29, 1.82) is 0 Å². The third-order valence-electron chi connectivity index (χ3n) is 3.32. The van der Waals surface area contributed by atoms with E-state index in [9.17, 15) is 0 Å². The number of hydrogen-bond acceptors (Lipinski definition) is 8. The zero-order valence-electron chi connectivity index (χ0n) is 13.3. The average Bonchev–Trinajstić information content (AvgIpc) is 3.12. The van der Waals surface area contributed by atoms with Gasteiger partial charge in [-0.05, 0) is 22.4 Å². The van der Waals surface area contributed by atoms with Crippen molar-refractivity contribution in [3.05, 3.63) is 15.0 Å². The maximum Gasteiger partial charge on any atom is 0.320 e. The summed E-state index contributed by atoms with van der Waals surface area (Å²) in [6, 6.07) is 0.670. The topological polar surface area (TPSA) is 101 Å². The fourth-order valence-corrected chi connectivity index (χ4v) is 3.51. The van der Waals surface area contributed by atoms with E-state index in [4.69, 9.17) is 15.2 Å². The van der Waals surface area contributed by atoms with E-state index < -0.39 is 0 Å². The van der Waals surface area contributed by atoms with Gasteiger partial charge in [-0.2, -0.15) is 15.0 Å². The quantitative estimate of drug-likeness (QED) is 0.595. The molecular weight excluding hydrogens is 396 g/mol. The summed E-state index contributed by atoms with van der Waals surface area (Å²) in [4.78, 5) is 18.2. The lowest BCUT2D eigenvalue weighted by Crippen LogP contribution is -2.06. The second-order valence-corrected chi connectivity index (χ2v) is 7.42. The van der Waals surface area contributed by atoms with Crippen LogP contribution in [-0.2, 0) is 6.54 Å². The zero-order chi connectivity index (χ0) is 17.1. The van der Waals surface area contributed by atoms with Gasteiger partial charge in [0.2, 0.25) is 0 Å². The van der Waals surface area contributed by atoms with Crippen LogP contribution < -0.4 is 15.2 Å². The Labute approximate surface area is 151 Å². The molecule has 3 aromatic heterocycles. The minimum absolute atomic E-state index is 0.253. The summed E-state index contributed by atoms with van der Waals surface area (Å²) in [7, 11) is 1.56. The van der Waals surface area contributed by atoms with E-state index >= 15 is 0 Å². The second-order valence-electron chi connectivity index (χ2n) is 5.03. The largest absolute Gasteiger partial charge is 0.468 e. The third-order valence-corrected chi connectivity index (χ3v) is 4.78. The molecule has 0 fully saturated rings. The van der Waals surface area contributed by atoms with Crippen molar-refractivity contribution in [1.82, 2.24) is 24.5 Å². The average molecular weight is 413 g/mol. The zero-order valence-corrected chi connectivity index (χ0v) is 15.7. The van der Waals surface area contributed by atoms with Crippen LogP contribution in [0.5, 0.6) is 12.0 Å². The molecule has 0 aliphatic heterocycles. The number of unbranched alkanes of at least 4 members (excludes halogenated alkanes) is 1. The SMILES string of the molecule is CCCCOc1nc(N)c2nc(OC)n(Cc3cnc(Br)s3)c2n1. The Hall–Kier alpha value is -1.94. The van der Waals surface area contributed by atoms with Gasteiger partial charge < -0.3 is 15.2 Å². The maximum atomic E-state index is 6.02. The maximum absolute atomic E-state index is 6.02. The molecule has 0 bridgehead atoms. The van der Waals surface area contributed by atoms with Crippen LogP contribution in [0.15, 0.2) is 10.1 Å². The molecule has 0 aliphatic rings. The number of imidazole rings is 1. The third kappa shape index (κ3) is 3.44. The lowest BCUT2D eigenvalue weighted by molar-refractivity contribution is 0.286. The van der Waals surface area contributed by atoms with Gasteiger partial charge in [0.05, 0.1) is 20.3 Å². The van der Waals surface area contributed by atoms with Gasteiger partial charge in [0.25, 0.3) is 6.01 Å². The second kappa shape index (κ2) is 7.31. The highest BCUT2D eigenvalue weighted by molar-refractivity contribution is 9.11. The molecular formula is C14H17BrN6O2S. The van der Waals surface area contributed by atoms with Crippen LogP contribution in [0.3, 0.4) is 0 Å². The van der Waals surface area contributed by atoms with E-state index in [2.05, 4.69) is 42.8 Å². The minimum Gasteiger partial charge on any atom is -0.468 e. The van der Waals surface area contributed by atoms with Crippen LogP contribution in [0.25, 0.3) is 11.2 Å². The van der Waals surface area contributed by atoms with Crippen molar-refractivity contribution in [2.24, 2.45) is 0 Å². The molecule has 3 rings (SSSR count). The number of thiazole rings is 1. The van der Waals surface area contributed by atoms with Gasteiger partial charge >= 0.3 is 6.01 Å². The number of hydrogen-bond donors (Lipinski definition) is 1. The molecule has 0 saturated heterocycles. The molecule has 0 aliphatic carbocycles. The standard InChI is InChI=1S/C14H17BrN6O2S/c1-3-4-5-23-13-19-10(16)9-11(20-13)21(14(18-9)22-2)7-8-6-17-12(15)24-8/h6H,3-5,7H2,1-2H3,(H2,16,19,20). The summed E-state index contributed by atoms with van der Waals surface area (Å²) < 4.78 is 13.6. The molecule has 0 aromatic carbocycles. The lowest BCUT2D eigenvalue weighted by atomic mass is 10.4. The van der Waals surface area contributed by atoms with Crippen molar-refractivity contribution in [3.63, 3.8) is 0 Å². The van der Waals surface area contributed by atoms with Crippen molar-refractivity contribution in [2.75, 3.05) is 19.5 Å². The van der Waals surface area contributed by atoms with E-state index in [1.165, 1.54) is 11.3 Å². The van der Waals surface area contributed by atoms with Gasteiger partial charge in [-0.1, -0.05) is 13.3 Å². The summed E-state index contributed by atoms with van der Waals surface area (Å²) in [5, 5.41) is 0. The summed E-state index contributed by atoms with van der Waals surface area (Å²) in [6.07, 6.45) is 3.76. The van der Waals surface area contributed by atoms with E-state index in [-0.39, 0.29) is 11.8 Å². The molecule has 8 nitrogen and oxygen atoms in total. The van der Waals surface area contributed by atoms with Gasteiger partial charge in [-0.3, -0.25) is 4.57 Å². The number of aromatic nitrogens is 5. The first-order valence-corrected chi connectivity index (χ1v) is 9.04. The van der Waals surface area contributed by atoms with Crippen molar-refractivity contribution < 1.29 is 9.47 Å². The number of anilines is 1. The molecule has 0 unspecified atom stereocenters. The van der Waals surface area contributed by atoms with Crippen molar-refractivity contribution >= 4 is 44.2 Å². The summed E-state index contributed by atoms with van der Waals surface area (Å²) in [5.74, 6) is 0.272. The monoisotopic (exact) mass is 412 g/mol. The molecule has 0 amide bonds. The number of halogens is 1. The first-order chi connectivity index (χ1) is 11.6. The number of ether oxygens (including phenoxy) is 2. The highest BCUT2D eigenvalue weighted by Gasteiger charge is 2.18. The van der Waals surface area contributed by atoms with Crippen molar-refractivity contribution in [3.8, 4) is 12.0 Å². The molecule has 0 radical (unpaired) electrons. The first-order valence-electron chi connectivity index (χ1n) is 7.43. The normalized spacial score (nSPS) is 11.1. The van der Waals surface area contributed by atoms with Crippen LogP contribution in [0.4, 0.5) is 5.82 Å². The molecule has 0 atom stereocenters. The number of fused-ring (bicyclic) bond motifs is 1. The smallest absolute Gasteiger partial charge is 0.320 e. The fourth-order valence-electron chi connectivity index (χ4n) is 2.16. The van der Waals surface area contributed by atoms with Crippen molar-refractivity contribution in [2.45, 2.75) is 26.3 Å². The van der Waals surface area contributed by atoms with Gasteiger partial charge in [0.15, 0.2) is 20.9 Å². The highest BCUT2D eigenvalue weighted by Crippen LogP contribution is 2.28. The number of nitrogens with two attached hydrogens (primary N) is 1. The molecule has 10 heteroatoms. The lowest BCUT2D eigenvalue weighted by Gasteiger charge is -2.07. The molecule has 2 N–H and O–H groups in total. The number of nitrogens with zero attached hydrogens (tertiary/aromatic N) is 5. The predicted octanol–water partition coefficient (Wildman–Crippen LogP) is 2.86. The van der Waals surface area contributed by atoms with E-state index in [0.29, 0.717) is 30.3 Å². The Bertz CT molecular complexity index is 849. The van der Waals surface area contributed by atoms with E-state index in [0.717, 1.165) is 21.6 Å². The van der Waals surface area contributed by atoms with Gasteiger partial charge in [-0.25, -0.2) is 4.98 Å². The Kier molecular flexibility index (Phi) is 5.14. The molecule has 3 aromatic rings. The number of nitrogen functional groups attached to an aromatic ring is 1. The van der Waals surface area contributed by atoms with Crippen LogP contribution in [0, 0.1) is 0 Å². The molecule has 0 saturated carbocycles. The van der Waals surface area contributed by atoms with Gasteiger partial charge in [-0.15, -0.1) is 11.3 Å². The Morgan fingerprint density at radius 2 is 2.17 bits per heavy atom. The van der Waals surface area contributed by atoms with Gasteiger partial charge in [0.1, 0.15) is 0 Å². The van der Waals surface area contributed by atoms with E-state index in [1.807, 2.05) is 4.57 Å². The predicted molar refractivity (Wildman–Crippen MR) is 95.6 cm³/mol. The van der Waals surface area contributed by atoms with Crippen LogP contribution in [0.1, 0.15) is 24.6 Å². The first kappa shape index (κ1) is 16.9. The Balaban J connectivity index is 2.01. The number of methoxy groups -OCH3 is 1. The summed E-state index contributed by atoms with van der Waals surface area (Å²) in [6.45, 7) is 3.16. The van der Waals surface area contributed by atoms with Crippen LogP contribution in [-0.4, -0.2) is 38.2 Å². The van der Waals surface area contributed by atoms with E-state index in [1.54, 1.807) is 13.3 Å². The van der Waals surface area contributed by atoms with Gasteiger partial charge in [0, 0.05) is 11.1 Å². The van der Waals surface area contributed by atoms with Crippen LogP contribution in [0.2, 0.25) is 0 Å². The fraction of sp³-hybridized carbons (Fsp3) is 0.429. The summed E-state index contributed by atoms with van der Waals surface area (Å²) in [5.41, 5.74) is 7.09. The molecule has 3 heterocycles. The highest BCUT2D eigenvalue weighted by atomic mass is 79.9. The summed E-state index contributed by atoms with van der Waals surface area (Å²) >= 11 is 4.90. The Morgan fingerprint density at radius 1 is 1.33 bits per heavy atom. The number of rotatable bonds is 7. The molecule has 128 valence electrons. The molecule has 0 spiro atoms. The Morgan fingerprint density at radius 3 is 2.83 bits per heavy atom. The minimum atomic E-state index is 0.253.